The average Bonchev–Trinajstić information content (AvgIpc) is 2.96. The number of carbonyl (C=O) groups is 1. The minimum absolute atomic E-state index is 0.0766. The summed E-state index contributed by atoms with van der Waals surface area (Å²) in [6.45, 7) is 5.45. The van der Waals surface area contributed by atoms with Crippen molar-refractivity contribution in [2.75, 3.05) is 42.3 Å². The second-order valence-electron chi connectivity index (χ2n) is 7.32. The van der Waals surface area contributed by atoms with Crippen molar-refractivity contribution >= 4 is 23.5 Å². The molecule has 1 atom stereocenters. The van der Waals surface area contributed by atoms with E-state index in [-0.39, 0.29) is 5.91 Å². The first-order valence-corrected chi connectivity index (χ1v) is 9.97. The molecule has 0 aliphatic carbocycles. The minimum Gasteiger partial charge on any atom is -0.383 e. The zero-order valence-corrected chi connectivity index (χ0v) is 15.8. The lowest BCUT2D eigenvalue weighted by Crippen LogP contribution is -2.28. The van der Waals surface area contributed by atoms with Crippen molar-refractivity contribution in [2.24, 2.45) is 5.92 Å². The molecule has 0 spiro atoms. The van der Waals surface area contributed by atoms with E-state index in [1.165, 1.54) is 19.3 Å². The van der Waals surface area contributed by atoms with Crippen molar-refractivity contribution in [1.82, 2.24) is 9.97 Å². The number of unbranched alkanes of at least 4 members (excludes halogenated alkanes) is 2. The molecule has 3 N–H and O–H groups in total. The largest absolute Gasteiger partial charge is 0.383 e. The summed E-state index contributed by atoms with van der Waals surface area (Å²) in [5.41, 5.74) is 6.84. The molecule has 3 rings (SSSR count). The van der Waals surface area contributed by atoms with Crippen LogP contribution in [0.3, 0.4) is 0 Å². The van der Waals surface area contributed by atoms with E-state index in [0.29, 0.717) is 36.5 Å². The second kappa shape index (κ2) is 9.16. The summed E-state index contributed by atoms with van der Waals surface area (Å²) in [7, 11) is 0. The Morgan fingerprint density at radius 3 is 2.96 bits per heavy atom. The molecule has 0 radical (unpaired) electrons. The first kappa shape index (κ1) is 18.9. The number of anilines is 3. The normalized spacial score (nSPS) is 19.7. The van der Waals surface area contributed by atoms with Gasteiger partial charge in [0.2, 0.25) is 11.9 Å². The highest BCUT2D eigenvalue weighted by Crippen LogP contribution is 2.32. The summed E-state index contributed by atoms with van der Waals surface area (Å²) in [6, 6.07) is 0. The van der Waals surface area contributed by atoms with Crippen LogP contribution in [-0.2, 0) is 16.0 Å². The first-order chi connectivity index (χ1) is 12.7. The van der Waals surface area contributed by atoms with Crippen LogP contribution in [0.1, 0.15) is 57.4 Å². The van der Waals surface area contributed by atoms with Crippen LogP contribution in [0.2, 0.25) is 0 Å². The number of amides is 1. The summed E-state index contributed by atoms with van der Waals surface area (Å²) in [6.07, 6.45) is 8.16. The van der Waals surface area contributed by atoms with Crippen molar-refractivity contribution in [2.45, 2.75) is 58.3 Å². The number of nitrogens with two attached hydrogens (primary N) is 1. The number of fused-ring (bicyclic) bond motifs is 1. The average molecular weight is 361 g/mol. The van der Waals surface area contributed by atoms with E-state index in [0.717, 1.165) is 51.0 Å². The number of nitrogens with zero attached hydrogens (tertiary/aromatic N) is 3. The van der Waals surface area contributed by atoms with Gasteiger partial charge in [-0.15, -0.1) is 0 Å². The van der Waals surface area contributed by atoms with Crippen molar-refractivity contribution in [3.05, 3.63) is 5.56 Å². The third-order valence-electron chi connectivity index (χ3n) is 5.21. The third kappa shape index (κ3) is 4.63. The first-order valence-electron chi connectivity index (χ1n) is 9.97. The number of hydrogen-bond donors (Lipinski definition) is 2. The molecule has 1 saturated heterocycles. The molecule has 0 saturated carbocycles. The van der Waals surface area contributed by atoms with E-state index >= 15 is 0 Å². The lowest BCUT2D eigenvalue weighted by atomic mass is 9.96. The highest BCUT2D eigenvalue weighted by atomic mass is 16.5. The number of nitrogens with one attached hydrogen (secondary N) is 1. The van der Waals surface area contributed by atoms with Gasteiger partial charge in [-0.2, -0.15) is 9.97 Å². The van der Waals surface area contributed by atoms with Crippen molar-refractivity contribution in [3.63, 3.8) is 0 Å². The van der Waals surface area contributed by atoms with Crippen LogP contribution < -0.4 is 16.0 Å². The van der Waals surface area contributed by atoms with Crippen molar-refractivity contribution < 1.29 is 9.53 Å². The second-order valence-corrected chi connectivity index (χ2v) is 7.32. The molecule has 1 aromatic rings. The third-order valence-corrected chi connectivity index (χ3v) is 5.21. The molecule has 1 fully saturated rings. The Balaban J connectivity index is 1.56. The van der Waals surface area contributed by atoms with Gasteiger partial charge in [0, 0.05) is 31.9 Å². The van der Waals surface area contributed by atoms with Crippen LogP contribution in [0.5, 0.6) is 0 Å². The highest BCUT2D eigenvalue weighted by Gasteiger charge is 2.31. The van der Waals surface area contributed by atoms with E-state index in [4.69, 9.17) is 10.5 Å². The molecule has 144 valence electrons. The lowest BCUT2D eigenvalue weighted by molar-refractivity contribution is -0.117. The lowest BCUT2D eigenvalue weighted by Gasteiger charge is -2.22. The zero-order chi connectivity index (χ0) is 18.4. The maximum Gasteiger partial charge on any atom is 0.232 e. The van der Waals surface area contributed by atoms with Gasteiger partial charge in [-0.1, -0.05) is 19.8 Å². The van der Waals surface area contributed by atoms with Crippen LogP contribution in [0.25, 0.3) is 0 Å². The summed E-state index contributed by atoms with van der Waals surface area (Å²) >= 11 is 0. The van der Waals surface area contributed by atoms with E-state index in [2.05, 4.69) is 22.2 Å². The molecular weight excluding hydrogens is 330 g/mol. The molecule has 0 aromatic carbocycles. The zero-order valence-electron chi connectivity index (χ0n) is 15.8. The van der Waals surface area contributed by atoms with Gasteiger partial charge in [-0.05, 0) is 38.0 Å². The molecule has 2 aliphatic heterocycles. The molecule has 1 aromatic heterocycles. The Kier molecular flexibility index (Phi) is 6.66. The molecule has 0 bridgehead atoms. The van der Waals surface area contributed by atoms with Gasteiger partial charge in [0.15, 0.2) is 0 Å². The topological polar surface area (TPSA) is 93.4 Å². The Morgan fingerprint density at radius 2 is 2.19 bits per heavy atom. The van der Waals surface area contributed by atoms with Gasteiger partial charge in [-0.25, -0.2) is 0 Å². The molecule has 1 amide bonds. The van der Waals surface area contributed by atoms with E-state index in [9.17, 15) is 4.79 Å². The number of rotatable bonds is 9. The summed E-state index contributed by atoms with van der Waals surface area (Å²) in [5, 5.41) is 3.21. The number of hydrogen-bond acceptors (Lipinski definition) is 6. The molecule has 3 heterocycles. The van der Waals surface area contributed by atoms with E-state index in [1.807, 2.05) is 0 Å². The van der Waals surface area contributed by atoms with Gasteiger partial charge in [0.25, 0.3) is 0 Å². The Hall–Kier alpha value is -1.89. The fourth-order valence-corrected chi connectivity index (χ4v) is 3.67. The predicted molar refractivity (Wildman–Crippen MR) is 103 cm³/mol. The van der Waals surface area contributed by atoms with Crippen molar-refractivity contribution in [1.29, 1.82) is 0 Å². The van der Waals surface area contributed by atoms with Gasteiger partial charge < -0.3 is 15.8 Å². The van der Waals surface area contributed by atoms with Crippen LogP contribution in [0.4, 0.5) is 17.6 Å². The molecule has 7 nitrogen and oxygen atoms in total. The van der Waals surface area contributed by atoms with Crippen LogP contribution in [0.15, 0.2) is 0 Å². The molecule has 26 heavy (non-hydrogen) atoms. The van der Waals surface area contributed by atoms with Crippen LogP contribution in [-0.4, -0.2) is 42.2 Å². The maximum absolute atomic E-state index is 12.4. The fourth-order valence-electron chi connectivity index (χ4n) is 3.67. The van der Waals surface area contributed by atoms with Crippen molar-refractivity contribution in [3.8, 4) is 0 Å². The number of nitrogen functional groups attached to an aromatic ring is 1. The highest BCUT2D eigenvalue weighted by molar-refractivity contribution is 6.01. The summed E-state index contributed by atoms with van der Waals surface area (Å²) in [5.74, 6) is 2.39. The monoisotopic (exact) mass is 361 g/mol. The van der Waals surface area contributed by atoms with Gasteiger partial charge in [0.1, 0.15) is 11.6 Å². The quantitative estimate of drug-likeness (QED) is 0.657. The van der Waals surface area contributed by atoms with Crippen LogP contribution >= 0.6 is 0 Å². The maximum atomic E-state index is 12.4. The number of ether oxygens (including phenoxy) is 1. The Labute approximate surface area is 155 Å². The van der Waals surface area contributed by atoms with Gasteiger partial charge in [0.05, 0.1) is 6.42 Å². The minimum atomic E-state index is 0.0766. The molecule has 1 unspecified atom stereocenters. The van der Waals surface area contributed by atoms with Crippen LogP contribution in [0, 0.1) is 5.92 Å². The van der Waals surface area contributed by atoms with E-state index < -0.39 is 0 Å². The van der Waals surface area contributed by atoms with Gasteiger partial charge in [-0.3, -0.25) is 9.69 Å². The summed E-state index contributed by atoms with van der Waals surface area (Å²) < 4.78 is 5.54. The fraction of sp³-hybridized carbons (Fsp3) is 0.737. The molecular formula is C19H31N5O2. The smallest absolute Gasteiger partial charge is 0.232 e. The molecule has 2 aliphatic rings. The van der Waals surface area contributed by atoms with Gasteiger partial charge >= 0.3 is 0 Å². The standard InChI is InChI=1S/C19H31N5O2/c1-2-3-9-21-19-22-17(20)15-12-16(25)24(18(15)23-19)10-5-4-7-14-8-6-11-26-13-14/h14H,2-13H2,1H3,(H3,20,21,22,23). The predicted octanol–water partition coefficient (Wildman–Crippen LogP) is 2.76. The Bertz CT molecular complexity index is 616. The number of carbonyl (C=O) groups excluding carboxylic acids is 1. The Morgan fingerprint density at radius 1 is 1.31 bits per heavy atom. The van der Waals surface area contributed by atoms with E-state index in [1.54, 1.807) is 4.90 Å². The SMILES string of the molecule is CCCCNc1nc(N)c2c(n1)N(CCCCC1CCCOC1)C(=O)C2. The molecule has 7 heteroatoms. The number of aromatic nitrogens is 2. The summed E-state index contributed by atoms with van der Waals surface area (Å²) in [4.78, 5) is 23.1.